The molecule has 2 aliphatic carbocycles. The lowest BCUT2D eigenvalue weighted by molar-refractivity contribution is 0.706. The van der Waals surface area contributed by atoms with Crippen molar-refractivity contribution < 1.29 is 0 Å². The van der Waals surface area contributed by atoms with Crippen molar-refractivity contribution in [1.82, 2.24) is 9.97 Å². The second-order valence-corrected chi connectivity index (χ2v) is 6.41. The molecule has 0 unspecified atom stereocenters. The van der Waals surface area contributed by atoms with Crippen LogP contribution in [0.1, 0.15) is 39.0 Å². The molecule has 0 aromatic carbocycles. The molecule has 1 heterocycles. The molecule has 3 rings (SSSR count). The summed E-state index contributed by atoms with van der Waals surface area (Å²) in [5.41, 5.74) is 0. The van der Waals surface area contributed by atoms with Gasteiger partial charge in [0.15, 0.2) is 0 Å². The number of nitrogens with zero attached hydrogens (tertiary/aromatic N) is 3. The zero-order valence-corrected chi connectivity index (χ0v) is 13.0. The summed E-state index contributed by atoms with van der Waals surface area (Å²) in [5, 5.41) is 3.36. The molecule has 0 radical (unpaired) electrons. The number of aromatic nitrogens is 2. The van der Waals surface area contributed by atoms with Gasteiger partial charge in [-0.25, -0.2) is 9.97 Å². The maximum Gasteiger partial charge on any atom is 0.148 e. The van der Waals surface area contributed by atoms with Gasteiger partial charge in [-0.1, -0.05) is 6.92 Å². The average molecular weight is 325 g/mol. The zero-order valence-electron chi connectivity index (χ0n) is 11.4. The van der Waals surface area contributed by atoms with Gasteiger partial charge < -0.3 is 10.2 Å². The van der Waals surface area contributed by atoms with Gasteiger partial charge in [0.05, 0.1) is 0 Å². The fourth-order valence-corrected chi connectivity index (χ4v) is 2.87. The maximum atomic E-state index is 4.52. The lowest BCUT2D eigenvalue weighted by Crippen LogP contribution is -2.29. The summed E-state index contributed by atoms with van der Waals surface area (Å²) in [4.78, 5) is 11.3. The average Bonchev–Trinajstić information content (AvgIpc) is 3.28. The summed E-state index contributed by atoms with van der Waals surface area (Å²) in [5.74, 6) is 2.88. The molecule has 2 fully saturated rings. The van der Waals surface area contributed by atoms with Crippen LogP contribution in [0.4, 0.5) is 11.6 Å². The van der Waals surface area contributed by atoms with Crippen LogP contribution in [0.3, 0.4) is 0 Å². The van der Waals surface area contributed by atoms with Gasteiger partial charge in [-0.05, 0) is 54.0 Å². The van der Waals surface area contributed by atoms with E-state index in [1.807, 2.05) is 0 Å². The molecule has 4 nitrogen and oxygen atoms in total. The molecule has 0 aliphatic heterocycles. The molecule has 1 N–H and O–H groups in total. The number of rotatable bonds is 7. The van der Waals surface area contributed by atoms with E-state index in [-0.39, 0.29) is 0 Å². The van der Waals surface area contributed by atoms with Crippen LogP contribution < -0.4 is 10.2 Å². The minimum atomic E-state index is 0.700. The smallest absolute Gasteiger partial charge is 0.148 e. The number of nitrogens with one attached hydrogen (secondary N) is 1. The Hall–Kier alpha value is -0.840. The van der Waals surface area contributed by atoms with Crippen LogP contribution in [0.5, 0.6) is 0 Å². The second kappa shape index (κ2) is 5.65. The highest BCUT2D eigenvalue weighted by atomic mass is 79.9. The van der Waals surface area contributed by atoms with Crippen LogP contribution >= 0.6 is 15.9 Å². The standard InChI is InChI=1S/C14H21BrN4/c1-2-7-16-13-12(15)14(18-9-17-13)19(11-5-6-11)8-10-3-4-10/h9-11H,2-8H2,1H3,(H,16,17,18). The number of hydrogen-bond donors (Lipinski definition) is 1. The van der Waals surface area contributed by atoms with Gasteiger partial charge >= 0.3 is 0 Å². The van der Waals surface area contributed by atoms with Crippen LogP contribution in [0, 0.1) is 5.92 Å². The van der Waals surface area contributed by atoms with Crippen LogP contribution in [-0.2, 0) is 0 Å². The third-order valence-corrected chi connectivity index (χ3v) is 4.46. The third-order valence-electron chi connectivity index (χ3n) is 3.73. The molecule has 1 aromatic rings. The fraction of sp³-hybridized carbons (Fsp3) is 0.714. The Morgan fingerprint density at radius 3 is 2.74 bits per heavy atom. The Morgan fingerprint density at radius 2 is 2.11 bits per heavy atom. The molecule has 0 spiro atoms. The molecule has 0 amide bonds. The highest BCUT2D eigenvalue weighted by Crippen LogP contribution is 2.40. The lowest BCUT2D eigenvalue weighted by Gasteiger charge is -2.25. The zero-order chi connectivity index (χ0) is 13.2. The predicted octanol–water partition coefficient (Wildman–Crippen LogP) is 3.44. The Bertz CT molecular complexity index is 443. The molecule has 19 heavy (non-hydrogen) atoms. The minimum Gasteiger partial charge on any atom is -0.369 e. The molecular formula is C14H21BrN4. The Balaban J connectivity index is 1.80. The van der Waals surface area contributed by atoms with Crippen molar-refractivity contribution in [2.24, 2.45) is 5.92 Å². The van der Waals surface area contributed by atoms with Crippen LogP contribution in [0.15, 0.2) is 10.8 Å². The van der Waals surface area contributed by atoms with Gasteiger partial charge in [0.25, 0.3) is 0 Å². The Morgan fingerprint density at radius 1 is 1.32 bits per heavy atom. The van der Waals surface area contributed by atoms with Crippen LogP contribution in [0.2, 0.25) is 0 Å². The van der Waals surface area contributed by atoms with Crippen molar-refractivity contribution in [3.05, 3.63) is 10.8 Å². The molecule has 0 atom stereocenters. The van der Waals surface area contributed by atoms with Crippen molar-refractivity contribution in [1.29, 1.82) is 0 Å². The first kappa shape index (κ1) is 13.2. The molecule has 0 saturated heterocycles. The highest BCUT2D eigenvalue weighted by Gasteiger charge is 2.35. The summed E-state index contributed by atoms with van der Waals surface area (Å²) in [6.45, 7) is 4.27. The van der Waals surface area contributed by atoms with Gasteiger partial charge in [-0.15, -0.1) is 0 Å². The quantitative estimate of drug-likeness (QED) is 0.834. The van der Waals surface area contributed by atoms with Gasteiger partial charge in [0, 0.05) is 19.1 Å². The minimum absolute atomic E-state index is 0.700. The van der Waals surface area contributed by atoms with Gasteiger partial charge in [-0.2, -0.15) is 0 Å². The summed E-state index contributed by atoms with van der Waals surface area (Å²) >= 11 is 3.69. The van der Waals surface area contributed by atoms with E-state index >= 15 is 0 Å². The van der Waals surface area contributed by atoms with Gasteiger partial charge in [-0.3, -0.25) is 0 Å². The Kier molecular flexibility index (Phi) is 3.91. The van der Waals surface area contributed by atoms with Crippen molar-refractivity contribution in [3.63, 3.8) is 0 Å². The first-order valence-electron chi connectivity index (χ1n) is 7.30. The van der Waals surface area contributed by atoms with E-state index in [9.17, 15) is 0 Å². The predicted molar refractivity (Wildman–Crippen MR) is 81.6 cm³/mol. The molecule has 1 aromatic heterocycles. The van der Waals surface area contributed by atoms with Crippen molar-refractivity contribution in [2.45, 2.75) is 45.1 Å². The largest absolute Gasteiger partial charge is 0.369 e. The lowest BCUT2D eigenvalue weighted by atomic mass is 10.3. The van der Waals surface area contributed by atoms with Gasteiger partial charge in [0.1, 0.15) is 22.4 Å². The first-order chi connectivity index (χ1) is 9.29. The van der Waals surface area contributed by atoms with Gasteiger partial charge in [0.2, 0.25) is 0 Å². The monoisotopic (exact) mass is 324 g/mol. The Labute approximate surface area is 123 Å². The number of anilines is 2. The summed E-state index contributed by atoms with van der Waals surface area (Å²) in [6.07, 6.45) is 8.15. The molecule has 0 bridgehead atoms. The summed E-state index contributed by atoms with van der Waals surface area (Å²) in [6, 6.07) is 0.700. The molecule has 5 heteroatoms. The molecule has 2 saturated carbocycles. The first-order valence-corrected chi connectivity index (χ1v) is 8.10. The highest BCUT2D eigenvalue weighted by molar-refractivity contribution is 9.10. The van der Waals surface area contributed by atoms with E-state index in [1.165, 1.54) is 25.7 Å². The van der Waals surface area contributed by atoms with Crippen LogP contribution in [-0.4, -0.2) is 29.1 Å². The summed E-state index contributed by atoms with van der Waals surface area (Å²) in [7, 11) is 0. The van der Waals surface area contributed by atoms with Crippen molar-refractivity contribution in [2.75, 3.05) is 23.3 Å². The second-order valence-electron chi connectivity index (χ2n) is 5.61. The van der Waals surface area contributed by atoms with E-state index in [1.54, 1.807) is 6.33 Å². The fourth-order valence-electron chi connectivity index (χ4n) is 2.30. The van der Waals surface area contributed by atoms with Crippen molar-refractivity contribution in [3.8, 4) is 0 Å². The third kappa shape index (κ3) is 3.19. The maximum absolute atomic E-state index is 4.52. The number of halogens is 1. The van der Waals surface area contributed by atoms with E-state index in [0.29, 0.717) is 6.04 Å². The number of hydrogen-bond acceptors (Lipinski definition) is 4. The SMILES string of the molecule is CCCNc1ncnc(N(CC2CC2)C2CC2)c1Br. The normalized spacial score (nSPS) is 18.4. The van der Waals surface area contributed by atoms with E-state index in [0.717, 1.165) is 41.5 Å². The van der Waals surface area contributed by atoms with E-state index in [2.05, 4.69) is 43.0 Å². The van der Waals surface area contributed by atoms with Crippen LogP contribution in [0.25, 0.3) is 0 Å². The molecule has 104 valence electrons. The van der Waals surface area contributed by atoms with E-state index < -0.39 is 0 Å². The van der Waals surface area contributed by atoms with Crippen molar-refractivity contribution >= 4 is 27.6 Å². The molecule has 2 aliphatic rings. The molecular weight excluding hydrogens is 304 g/mol. The summed E-state index contributed by atoms with van der Waals surface area (Å²) < 4.78 is 1.02. The topological polar surface area (TPSA) is 41.1 Å². The van der Waals surface area contributed by atoms with E-state index in [4.69, 9.17) is 0 Å².